The van der Waals surface area contributed by atoms with Crippen LogP contribution >= 0.6 is 11.8 Å². The number of methoxy groups -OCH3 is 2. The van der Waals surface area contributed by atoms with Crippen molar-refractivity contribution >= 4 is 11.8 Å². The first kappa shape index (κ1) is 16.3. The van der Waals surface area contributed by atoms with Gasteiger partial charge in [-0.05, 0) is 47.7 Å². The van der Waals surface area contributed by atoms with Crippen LogP contribution in [-0.2, 0) is 0 Å². The van der Waals surface area contributed by atoms with E-state index < -0.39 is 0 Å². The molecule has 0 aliphatic heterocycles. The van der Waals surface area contributed by atoms with Crippen LogP contribution in [0.1, 0.15) is 17.7 Å². The van der Waals surface area contributed by atoms with Gasteiger partial charge in [0.15, 0.2) is 0 Å². The van der Waals surface area contributed by atoms with Crippen molar-refractivity contribution in [3.8, 4) is 17.2 Å². The maximum absolute atomic E-state index is 5.44. The molecule has 1 heterocycles. The summed E-state index contributed by atoms with van der Waals surface area (Å²) in [5.41, 5.74) is 1.99. The highest BCUT2D eigenvalue weighted by molar-refractivity contribution is 7.99. The molecule has 1 atom stereocenters. The van der Waals surface area contributed by atoms with Gasteiger partial charge in [0, 0.05) is 10.8 Å². The quantitative estimate of drug-likeness (QED) is 0.639. The van der Waals surface area contributed by atoms with Crippen molar-refractivity contribution in [1.29, 1.82) is 0 Å². The van der Waals surface area contributed by atoms with Crippen LogP contribution in [-0.4, -0.2) is 34.4 Å². The molecule has 1 unspecified atom stereocenters. The lowest BCUT2D eigenvalue weighted by molar-refractivity contribution is 0.410. The minimum atomic E-state index is 0.143. The highest BCUT2D eigenvalue weighted by Gasteiger charge is 2.17. The largest absolute Gasteiger partial charge is 0.497 e. The average molecular weight is 342 g/mol. The summed E-state index contributed by atoms with van der Waals surface area (Å²) in [7, 11) is 3.32. The Bertz CT molecular complexity index is 804. The second kappa shape index (κ2) is 7.35. The van der Waals surface area contributed by atoms with E-state index in [0.717, 1.165) is 27.9 Å². The molecule has 7 heteroatoms. The second-order valence-corrected chi connectivity index (χ2v) is 6.38. The Hall–Kier alpha value is -2.54. The monoisotopic (exact) mass is 342 g/mol. The summed E-state index contributed by atoms with van der Waals surface area (Å²) >= 11 is 1.58. The summed E-state index contributed by atoms with van der Waals surface area (Å²) in [6.45, 7) is 2.11. The summed E-state index contributed by atoms with van der Waals surface area (Å²) < 4.78 is 12.3. The second-order valence-electron chi connectivity index (χ2n) is 5.07. The number of tetrazole rings is 1. The van der Waals surface area contributed by atoms with Crippen LogP contribution in [0.2, 0.25) is 0 Å². The number of nitrogens with zero attached hydrogens (tertiary/aromatic N) is 4. The zero-order valence-corrected chi connectivity index (χ0v) is 14.5. The Morgan fingerprint density at radius 2 is 1.75 bits per heavy atom. The summed E-state index contributed by atoms with van der Waals surface area (Å²) in [6, 6.07) is 15.6. The first-order chi connectivity index (χ1) is 11.7. The van der Waals surface area contributed by atoms with E-state index in [1.807, 2.05) is 42.5 Å². The fourth-order valence-electron chi connectivity index (χ4n) is 2.36. The molecule has 0 spiro atoms. The molecule has 124 valence electrons. The van der Waals surface area contributed by atoms with Gasteiger partial charge in [-0.3, -0.25) is 0 Å². The third kappa shape index (κ3) is 3.35. The third-order valence-corrected chi connectivity index (χ3v) is 4.69. The number of para-hydroxylation sites is 1. The van der Waals surface area contributed by atoms with Crippen LogP contribution in [0.4, 0.5) is 0 Å². The van der Waals surface area contributed by atoms with Gasteiger partial charge >= 0.3 is 0 Å². The summed E-state index contributed by atoms with van der Waals surface area (Å²) in [5.74, 6) is 1.66. The number of thioether (sulfide) groups is 1. The molecule has 3 aromatic rings. The first-order valence-electron chi connectivity index (χ1n) is 7.45. The van der Waals surface area contributed by atoms with Gasteiger partial charge in [-0.25, -0.2) is 0 Å². The maximum atomic E-state index is 5.44. The Morgan fingerprint density at radius 1 is 1.00 bits per heavy atom. The van der Waals surface area contributed by atoms with Gasteiger partial charge in [0.1, 0.15) is 11.5 Å². The van der Waals surface area contributed by atoms with E-state index in [4.69, 9.17) is 9.47 Å². The molecule has 0 fully saturated rings. The standard InChI is InChI=1S/C17H18N4O2S/c1-12(15-6-4-5-7-16(15)23-3)24-17-18-19-20-21(17)13-8-10-14(22-2)11-9-13/h4-12H,1-3H3. The normalized spacial score (nSPS) is 12.0. The third-order valence-electron chi connectivity index (χ3n) is 3.62. The molecule has 0 bridgehead atoms. The van der Waals surface area contributed by atoms with E-state index in [0.29, 0.717) is 0 Å². The fraction of sp³-hybridized carbons (Fsp3) is 0.235. The molecule has 0 aliphatic rings. The molecule has 0 amide bonds. The van der Waals surface area contributed by atoms with Crippen LogP contribution in [0.15, 0.2) is 53.7 Å². The van der Waals surface area contributed by atoms with Gasteiger partial charge < -0.3 is 9.47 Å². The number of aromatic nitrogens is 4. The number of rotatable bonds is 6. The van der Waals surface area contributed by atoms with Gasteiger partial charge in [-0.15, -0.1) is 5.10 Å². The van der Waals surface area contributed by atoms with Gasteiger partial charge in [-0.1, -0.05) is 30.0 Å². The van der Waals surface area contributed by atoms with Crippen LogP contribution in [0.25, 0.3) is 5.69 Å². The predicted octanol–water partition coefficient (Wildman–Crippen LogP) is 3.53. The molecule has 0 saturated carbocycles. The van der Waals surface area contributed by atoms with Gasteiger partial charge in [0.2, 0.25) is 5.16 Å². The zero-order chi connectivity index (χ0) is 16.9. The first-order valence-corrected chi connectivity index (χ1v) is 8.33. The molecule has 0 N–H and O–H groups in total. The molecule has 6 nitrogen and oxygen atoms in total. The highest BCUT2D eigenvalue weighted by Crippen LogP contribution is 2.38. The topological polar surface area (TPSA) is 62.1 Å². The molecule has 0 radical (unpaired) electrons. The van der Waals surface area contributed by atoms with E-state index >= 15 is 0 Å². The Balaban J connectivity index is 1.85. The van der Waals surface area contributed by atoms with E-state index in [-0.39, 0.29) is 5.25 Å². The van der Waals surface area contributed by atoms with E-state index in [2.05, 4.69) is 28.5 Å². The predicted molar refractivity (Wildman–Crippen MR) is 93.0 cm³/mol. The van der Waals surface area contributed by atoms with Gasteiger partial charge in [-0.2, -0.15) is 4.68 Å². The molecule has 3 rings (SSSR count). The van der Waals surface area contributed by atoms with Crippen LogP contribution < -0.4 is 9.47 Å². The number of hydrogen-bond acceptors (Lipinski definition) is 6. The molecule has 0 saturated heterocycles. The van der Waals surface area contributed by atoms with Crippen LogP contribution in [0, 0.1) is 0 Å². The fourth-order valence-corrected chi connectivity index (χ4v) is 3.33. The summed E-state index contributed by atoms with van der Waals surface area (Å²) in [4.78, 5) is 0. The van der Waals surface area contributed by atoms with E-state index in [1.54, 1.807) is 30.7 Å². The Kier molecular flexibility index (Phi) is 5.00. The van der Waals surface area contributed by atoms with E-state index in [9.17, 15) is 0 Å². The lowest BCUT2D eigenvalue weighted by atomic mass is 10.1. The molecular weight excluding hydrogens is 324 g/mol. The van der Waals surface area contributed by atoms with E-state index in [1.165, 1.54) is 0 Å². The number of hydrogen-bond donors (Lipinski definition) is 0. The van der Waals surface area contributed by atoms with Gasteiger partial charge in [0.25, 0.3) is 0 Å². The smallest absolute Gasteiger partial charge is 0.214 e. The zero-order valence-electron chi connectivity index (χ0n) is 13.7. The average Bonchev–Trinajstić information content (AvgIpc) is 3.09. The van der Waals surface area contributed by atoms with Crippen molar-refractivity contribution < 1.29 is 9.47 Å². The lowest BCUT2D eigenvalue weighted by Crippen LogP contribution is -2.01. The van der Waals surface area contributed by atoms with Crippen molar-refractivity contribution in [3.63, 3.8) is 0 Å². The van der Waals surface area contributed by atoms with Crippen molar-refractivity contribution in [2.75, 3.05) is 14.2 Å². The maximum Gasteiger partial charge on any atom is 0.214 e. The SMILES string of the molecule is COc1ccc(-n2nnnc2SC(C)c2ccccc2OC)cc1. The number of benzene rings is 2. The minimum absolute atomic E-state index is 0.143. The summed E-state index contributed by atoms with van der Waals surface area (Å²) in [5, 5.41) is 12.9. The van der Waals surface area contributed by atoms with Crippen molar-refractivity contribution in [3.05, 3.63) is 54.1 Å². The van der Waals surface area contributed by atoms with Crippen molar-refractivity contribution in [2.45, 2.75) is 17.3 Å². The van der Waals surface area contributed by atoms with Crippen molar-refractivity contribution in [2.24, 2.45) is 0 Å². The van der Waals surface area contributed by atoms with Crippen molar-refractivity contribution in [1.82, 2.24) is 20.2 Å². The Labute approximate surface area is 144 Å². The minimum Gasteiger partial charge on any atom is -0.497 e. The number of ether oxygens (including phenoxy) is 2. The Morgan fingerprint density at radius 3 is 2.46 bits per heavy atom. The van der Waals surface area contributed by atoms with Crippen LogP contribution in [0.5, 0.6) is 11.5 Å². The lowest BCUT2D eigenvalue weighted by Gasteiger charge is -2.14. The molecule has 24 heavy (non-hydrogen) atoms. The molecule has 1 aromatic heterocycles. The van der Waals surface area contributed by atoms with Gasteiger partial charge in [0.05, 0.1) is 19.9 Å². The highest BCUT2D eigenvalue weighted by atomic mass is 32.2. The van der Waals surface area contributed by atoms with Crippen LogP contribution in [0.3, 0.4) is 0 Å². The summed E-state index contributed by atoms with van der Waals surface area (Å²) in [6.07, 6.45) is 0. The molecule has 2 aromatic carbocycles. The molecular formula is C17H18N4O2S. The molecule has 0 aliphatic carbocycles.